The Morgan fingerprint density at radius 2 is 2.31 bits per heavy atom. The SMILES string of the molecule is Cc1ccc(NC(=O)c2cscn2)c(F)c1. The van der Waals surface area contributed by atoms with E-state index in [0.29, 0.717) is 5.69 Å². The van der Waals surface area contributed by atoms with E-state index in [2.05, 4.69) is 10.3 Å². The quantitative estimate of drug-likeness (QED) is 0.871. The van der Waals surface area contributed by atoms with Crippen LogP contribution in [0.4, 0.5) is 10.1 Å². The summed E-state index contributed by atoms with van der Waals surface area (Å²) in [6.45, 7) is 1.79. The molecule has 1 N–H and O–H groups in total. The number of rotatable bonds is 2. The zero-order valence-electron chi connectivity index (χ0n) is 8.53. The van der Waals surface area contributed by atoms with Crippen molar-refractivity contribution in [2.24, 2.45) is 0 Å². The number of hydrogen-bond acceptors (Lipinski definition) is 3. The molecule has 1 amide bonds. The van der Waals surface area contributed by atoms with Crippen molar-refractivity contribution < 1.29 is 9.18 Å². The van der Waals surface area contributed by atoms with Crippen molar-refractivity contribution in [3.8, 4) is 0 Å². The molecule has 1 aromatic heterocycles. The minimum Gasteiger partial charge on any atom is -0.318 e. The van der Waals surface area contributed by atoms with Gasteiger partial charge in [-0.2, -0.15) is 0 Å². The summed E-state index contributed by atoms with van der Waals surface area (Å²) in [5.41, 5.74) is 2.83. The summed E-state index contributed by atoms with van der Waals surface area (Å²) in [5, 5.41) is 4.08. The number of carbonyl (C=O) groups excluding carboxylic acids is 1. The number of aryl methyl sites for hydroxylation is 1. The van der Waals surface area contributed by atoms with Gasteiger partial charge in [0.25, 0.3) is 5.91 Å². The lowest BCUT2D eigenvalue weighted by Crippen LogP contribution is -2.13. The number of benzene rings is 1. The largest absolute Gasteiger partial charge is 0.318 e. The van der Waals surface area contributed by atoms with Crippen LogP contribution in [-0.2, 0) is 0 Å². The van der Waals surface area contributed by atoms with Gasteiger partial charge in [0, 0.05) is 5.38 Å². The minimum atomic E-state index is -0.441. The number of hydrogen-bond donors (Lipinski definition) is 1. The van der Waals surface area contributed by atoms with E-state index in [-0.39, 0.29) is 5.69 Å². The molecule has 1 aromatic carbocycles. The van der Waals surface area contributed by atoms with Crippen LogP contribution in [0.2, 0.25) is 0 Å². The molecule has 0 unspecified atom stereocenters. The molecule has 0 atom stereocenters. The van der Waals surface area contributed by atoms with Crippen LogP contribution in [0.5, 0.6) is 0 Å². The first-order valence-electron chi connectivity index (χ1n) is 4.62. The van der Waals surface area contributed by atoms with Crippen molar-refractivity contribution in [2.75, 3.05) is 5.32 Å². The van der Waals surface area contributed by atoms with Gasteiger partial charge in [-0.25, -0.2) is 9.37 Å². The van der Waals surface area contributed by atoms with Crippen LogP contribution < -0.4 is 5.32 Å². The van der Waals surface area contributed by atoms with Gasteiger partial charge in [0.15, 0.2) is 0 Å². The average molecular weight is 236 g/mol. The number of thiazole rings is 1. The molecule has 0 aliphatic heterocycles. The zero-order valence-corrected chi connectivity index (χ0v) is 9.34. The molecule has 0 spiro atoms. The summed E-state index contributed by atoms with van der Waals surface area (Å²) < 4.78 is 13.4. The Bertz CT molecular complexity index is 511. The zero-order chi connectivity index (χ0) is 11.5. The van der Waals surface area contributed by atoms with Gasteiger partial charge in [-0.1, -0.05) is 6.07 Å². The Labute approximate surface area is 96.0 Å². The molecule has 0 radical (unpaired) electrons. The van der Waals surface area contributed by atoms with Crippen molar-refractivity contribution >= 4 is 22.9 Å². The van der Waals surface area contributed by atoms with Gasteiger partial charge in [0.05, 0.1) is 11.2 Å². The Hall–Kier alpha value is -1.75. The Balaban J connectivity index is 2.18. The van der Waals surface area contributed by atoms with Gasteiger partial charge in [-0.3, -0.25) is 4.79 Å². The summed E-state index contributed by atoms with van der Waals surface area (Å²) >= 11 is 1.32. The summed E-state index contributed by atoms with van der Waals surface area (Å²) in [4.78, 5) is 15.4. The second kappa shape index (κ2) is 4.40. The lowest BCUT2D eigenvalue weighted by atomic mass is 10.2. The lowest BCUT2D eigenvalue weighted by molar-refractivity contribution is 0.102. The molecular formula is C11H9FN2OS. The molecule has 0 fully saturated rings. The highest BCUT2D eigenvalue weighted by molar-refractivity contribution is 7.07. The first kappa shape index (κ1) is 10.8. The Kier molecular flexibility index (Phi) is 2.96. The van der Waals surface area contributed by atoms with Crippen molar-refractivity contribution in [3.05, 3.63) is 46.2 Å². The third kappa shape index (κ3) is 2.25. The fraction of sp³-hybridized carbons (Fsp3) is 0.0909. The monoisotopic (exact) mass is 236 g/mol. The summed E-state index contributed by atoms with van der Waals surface area (Å²) in [6.07, 6.45) is 0. The molecular weight excluding hydrogens is 227 g/mol. The second-order valence-corrected chi connectivity index (χ2v) is 4.03. The molecule has 3 nitrogen and oxygen atoms in total. The van der Waals surface area contributed by atoms with Crippen LogP contribution in [-0.4, -0.2) is 10.9 Å². The standard InChI is InChI=1S/C11H9FN2OS/c1-7-2-3-9(8(12)4-7)14-11(15)10-5-16-6-13-10/h2-6H,1H3,(H,14,15). The number of aromatic nitrogens is 1. The van der Waals surface area contributed by atoms with Crippen LogP contribution in [0, 0.1) is 12.7 Å². The van der Waals surface area contributed by atoms with E-state index >= 15 is 0 Å². The Morgan fingerprint density at radius 1 is 1.50 bits per heavy atom. The fourth-order valence-corrected chi connectivity index (χ4v) is 1.76. The van der Waals surface area contributed by atoms with Crippen molar-refractivity contribution in [1.82, 2.24) is 4.98 Å². The van der Waals surface area contributed by atoms with E-state index in [9.17, 15) is 9.18 Å². The number of halogens is 1. The molecule has 0 saturated carbocycles. The van der Waals surface area contributed by atoms with E-state index < -0.39 is 11.7 Å². The summed E-state index contributed by atoms with van der Waals surface area (Å²) in [5.74, 6) is -0.840. The minimum absolute atomic E-state index is 0.170. The maximum atomic E-state index is 13.4. The van der Waals surface area contributed by atoms with Gasteiger partial charge in [0.1, 0.15) is 11.5 Å². The number of nitrogens with one attached hydrogen (secondary N) is 1. The normalized spacial score (nSPS) is 10.1. The summed E-state index contributed by atoms with van der Waals surface area (Å²) in [7, 11) is 0. The first-order valence-corrected chi connectivity index (χ1v) is 5.57. The topological polar surface area (TPSA) is 42.0 Å². The van der Waals surface area contributed by atoms with Gasteiger partial charge in [0.2, 0.25) is 0 Å². The molecule has 0 bridgehead atoms. The summed E-state index contributed by atoms with van der Waals surface area (Å²) in [6, 6.07) is 4.64. The van der Waals surface area contributed by atoms with E-state index in [4.69, 9.17) is 0 Å². The van der Waals surface area contributed by atoms with Crippen molar-refractivity contribution in [1.29, 1.82) is 0 Å². The van der Waals surface area contributed by atoms with E-state index in [1.165, 1.54) is 23.5 Å². The first-order chi connectivity index (χ1) is 7.66. The predicted molar refractivity (Wildman–Crippen MR) is 61.2 cm³/mol. The van der Waals surface area contributed by atoms with Gasteiger partial charge < -0.3 is 5.32 Å². The third-order valence-electron chi connectivity index (χ3n) is 2.04. The van der Waals surface area contributed by atoms with Crippen molar-refractivity contribution in [2.45, 2.75) is 6.92 Å². The molecule has 2 aromatic rings. The molecule has 82 valence electrons. The van der Waals surface area contributed by atoms with E-state index in [1.54, 1.807) is 23.9 Å². The van der Waals surface area contributed by atoms with Crippen LogP contribution in [0.1, 0.15) is 16.1 Å². The van der Waals surface area contributed by atoms with Crippen LogP contribution in [0.3, 0.4) is 0 Å². The van der Waals surface area contributed by atoms with E-state index in [1.807, 2.05) is 0 Å². The van der Waals surface area contributed by atoms with Crippen LogP contribution >= 0.6 is 11.3 Å². The highest BCUT2D eigenvalue weighted by Crippen LogP contribution is 2.16. The molecule has 0 saturated heterocycles. The predicted octanol–water partition coefficient (Wildman–Crippen LogP) is 2.84. The van der Waals surface area contributed by atoms with Gasteiger partial charge in [-0.05, 0) is 24.6 Å². The van der Waals surface area contributed by atoms with Crippen molar-refractivity contribution in [3.63, 3.8) is 0 Å². The molecule has 0 aliphatic rings. The molecule has 0 aliphatic carbocycles. The van der Waals surface area contributed by atoms with Gasteiger partial charge in [-0.15, -0.1) is 11.3 Å². The molecule has 5 heteroatoms. The highest BCUT2D eigenvalue weighted by atomic mass is 32.1. The van der Waals surface area contributed by atoms with Crippen LogP contribution in [0.25, 0.3) is 0 Å². The lowest BCUT2D eigenvalue weighted by Gasteiger charge is -2.05. The highest BCUT2D eigenvalue weighted by Gasteiger charge is 2.10. The molecule has 1 heterocycles. The third-order valence-corrected chi connectivity index (χ3v) is 2.62. The number of carbonyl (C=O) groups is 1. The molecule has 16 heavy (non-hydrogen) atoms. The van der Waals surface area contributed by atoms with Gasteiger partial charge >= 0.3 is 0 Å². The maximum Gasteiger partial charge on any atom is 0.275 e. The number of anilines is 1. The Morgan fingerprint density at radius 3 is 2.94 bits per heavy atom. The second-order valence-electron chi connectivity index (χ2n) is 3.31. The van der Waals surface area contributed by atoms with E-state index in [0.717, 1.165) is 5.56 Å². The maximum absolute atomic E-state index is 13.4. The smallest absolute Gasteiger partial charge is 0.275 e. The fourth-order valence-electron chi connectivity index (χ4n) is 1.23. The number of amides is 1. The number of nitrogens with zero attached hydrogens (tertiary/aromatic N) is 1. The molecule has 2 rings (SSSR count). The van der Waals surface area contributed by atoms with Crippen LogP contribution in [0.15, 0.2) is 29.1 Å². The average Bonchev–Trinajstić information content (AvgIpc) is 2.75.